The highest BCUT2D eigenvalue weighted by Gasteiger charge is 2.15. The minimum atomic E-state index is 0.611. The molecule has 1 aromatic carbocycles. The van der Waals surface area contributed by atoms with Gasteiger partial charge in [-0.2, -0.15) is 5.10 Å². The van der Waals surface area contributed by atoms with E-state index in [0.29, 0.717) is 6.04 Å². The van der Waals surface area contributed by atoms with Crippen molar-refractivity contribution >= 4 is 0 Å². The first-order valence-electron chi connectivity index (χ1n) is 7.45. The molecule has 1 saturated carbocycles. The van der Waals surface area contributed by atoms with Gasteiger partial charge in [0.2, 0.25) is 0 Å². The summed E-state index contributed by atoms with van der Waals surface area (Å²) >= 11 is 0. The molecular formula is C17H22N2. The van der Waals surface area contributed by atoms with E-state index in [1.807, 2.05) is 6.20 Å². The minimum Gasteiger partial charge on any atom is -0.269 e. The van der Waals surface area contributed by atoms with Gasteiger partial charge in [-0.25, -0.2) is 0 Å². The minimum absolute atomic E-state index is 0.611. The van der Waals surface area contributed by atoms with Gasteiger partial charge in [0.25, 0.3) is 0 Å². The summed E-state index contributed by atoms with van der Waals surface area (Å²) in [6.07, 6.45) is 12.3. The molecule has 2 heteroatoms. The van der Waals surface area contributed by atoms with Crippen LogP contribution in [0.25, 0.3) is 11.1 Å². The summed E-state index contributed by atoms with van der Waals surface area (Å²) in [5.41, 5.74) is 3.88. The van der Waals surface area contributed by atoms with E-state index >= 15 is 0 Å². The highest BCUT2D eigenvalue weighted by molar-refractivity contribution is 5.65. The number of aryl methyl sites for hydroxylation is 1. The van der Waals surface area contributed by atoms with E-state index in [0.717, 1.165) is 0 Å². The predicted molar refractivity (Wildman–Crippen MR) is 79.1 cm³/mol. The third kappa shape index (κ3) is 2.73. The van der Waals surface area contributed by atoms with E-state index in [1.54, 1.807) is 0 Å². The molecule has 0 unspecified atom stereocenters. The highest BCUT2D eigenvalue weighted by Crippen LogP contribution is 2.29. The zero-order chi connectivity index (χ0) is 13.1. The van der Waals surface area contributed by atoms with Crippen LogP contribution in [-0.2, 0) is 0 Å². The van der Waals surface area contributed by atoms with Gasteiger partial charge in [-0.3, -0.25) is 4.68 Å². The van der Waals surface area contributed by atoms with Crippen LogP contribution < -0.4 is 0 Å². The number of rotatable bonds is 2. The Bertz CT molecular complexity index is 534. The average Bonchev–Trinajstić information content (AvgIpc) is 2.75. The molecule has 1 aliphatic rings. The van der Waals surface area contributed by atoms with Crippen LogP contribution in [0.1, 0.15) is 50.1 Å². The van der Waals surface area contributed by atoms with E-state index in [9.17, 15) is 0 Å². The Hall–Kier alpha value is -1.57. The maximum Gasteiger partial charge on any atom is 0.0568 e. The van der Waals surface area contributed by atoms with Crippen LogP contribution in [-0.4, -0.2) is 9.78 Å². The normalized spacial score (nSPS) is 17.3. The molecule has 1 aromatic heterocycles. The van der Waals surface area contributed by atoms with Crippen molar-refractivity contribution in [3.05, 3.63) is 42.2 Å². The smallest absolute Gasteiger partial charge is 0.0568 e. The summed E-state index contributed by atoms with van der Waals surface area (Å²) in [5, 5.41) is 4.62. The molecule has 1 aliphatic carbocycles. The topological polar surface area (TPSA) is 17.8 Å². The molecule has 2 nitrogen and oxygen atoms in total. The van der Waals surface area contributed by atoms with Crippen LogP contribution in [0.5, 0.6) is 0 Å². The second-order valence-corrected chi connectivity index (χ2v) is 5.67. The fourth-order valence-electron chi connectivity index (χ4n) is 3.10. The average molecular weight is 254 g/mol. The Labute approximate surface area is 115 Å². The van der Waals surface area contributed by atoms with Crippen molar-refractivity contribution in [2.24, 2.45) is 0 Å². The molecule has 3 rings (SSSR count). The zero-order valence-electron chi connectivity index (χ0n) is 11.7. The lowest BCUT2D eigenvalue weighted by Crippen LogP contribution is -2.08. The number of aromatic nitrogens is 2. The Balaban J connectivity index is 1.85. The van der Waals surface area contributed by atoms with Crippen LogP contribution in [0.4, 0.5) is 0 Å². The van der Waals surface area contributed by atoms with E-state index in [4.69, 9.17) is 0 Å². The standard InChI is InChI=1S/C17H22N2/c1-14-8-6-7-11-17(14)15-12-18-19(13-15)16-9-4-2-3-5-10-16/h6-8,11-13,16H,2-5,9-10H2,1H3. The molecule has 2 aromatic rings. The first-order valence-corrected chi connectivity index (χ1v) is 7.45. The van der Waals surface area contributed by atoms with Gasteiger partial charge < -0.3 is 0 Å². The van der Waals surface area contributed by atoms with Crippen molar-refractivity contribution < 1.29 is 0 Å². The van der Waals surface area contributed by atoms with Gasteiger partial charge in [-0.15, -0.1) is 0 Å². The maximum absolute atomic E-state index is 4.62. The van der Waals surface area contributed by atoms with Gasteiger partial charge in [0.15, 0.2) is 0 Å². The molecule has 19 heavy (non-hydrogen) atoms. The first-order chi connectivity index (χ1) is 9.34. The molecule has 100 valence electrons. The summed E-state index contributed by atoms with van der Waals surface area (Å²) in [4.78, 5) is 0. The van der Waals surface area contributed by atoms with Crippen LogP contribution in [0.15, 0.2) is 36.7 Å². The predicted octanol–water partition coefficient (Wildman–Crippen LogP) is 4.75. The summed E-state index contributed by atoms with van der Waals surface area (Å²) in [5.74, 6) is 0. The Kier molecular flexibility index (Phi) is 3.67. The van der Waals surface area contributed by atoms with Gasteiger partial charge in [0.1, 0.15) is 0 Å². The Morgan fingerprint density at radius 1 is 1.05 bits per heavy atom. The largest absolute Gasteiger partial charge is 0.269 e. The van der Waals surface area contributed by atoms with Gasteiger partial charge in [-0.1, -0.05) is 49.9 Å². The molecule has 0 radical (unpaired) electrons. The van der Waals surface area contributed by atoms with E-state index in [-0.39, 0.29) is 0 Å². The molecule has 0 atom stereocenters. The SMILES string of the molecule is Cc1ccccc1-c1cnn(C2CCCCCC2)c1. The fourth-order valence-corrected chi connectivity index (χ4v) is 3.10. The van der Waals surface area contributed by atoms with Crippen molar-refractivity contribution in [2.45, 2.75) is 51.5 Å². The van der Waals surface area contributed by atoms with E-state index in [2.05, 4.69) is 47.2 Å². The van der Waals surface area contributed by atoms with Gasteiger partial charge >= 0.3 is 0 Å². The molecule has 1 heterocycles. The molecular weight excluding hydrogens is 232 g/mol. The molecule has 0 saturated heterocycles. The molecule has 0 aliphatic heterocycles. The number of hydrogen-bond donors (Lipinski definition) is 0. The van der Waals surface area contributed by atoms with Gasteiger partial charge in [0.05, 0.1) is 12.2 Å². The van der Waals surface area contributed by atoms with Crippen molar-refractivity contribution in [1.29, 1.82) is 0 Å². The summed E-state index contributed by atoms with van der Waals surface area (Å²) in [7, 11) is 0. The second-order valence-electron chi connectivity index (χ2n) is 5.67. The molecule has 1 fully saturated rings. The third-order valence-electron chi connectivity index (χ3n) is 4.26. The Morgan fingerprint density at radius 2 is 1.79 bits per heavy atom. The maximum atomic E-state index is 4.62. The molecule has 0 bridgehead atoms. The molecule has 0 N–H and O–H groups in total. The molecule has 0 amide bonds. The summed E-state index contributed by atoms with van der Waals surface area (Å²) < 4.78 is 2.20. The van der Waals surface area contributed by atoms with Gasteiger partial charge in [-0.05, 0) is 30.9 Å². The van der Waals surface area contributed by atoms with Crippen LogP contribution in [0.3, 0.4) is 0 Å². The van der Waals surface area contributed by atoms with Crippen molar-refractivity contribution in [1.82, 2.24) is 9.78 Å². The first kappa shape index (κ1) is 12.5. The monoisotopic (exact) mass is 254 g/mol. The van der Waals surface area contributed by atoms with Crippen LogP contribution >= 0.6 is 0 Å². The number of nitrogens with zero attached hydrogens (tertiary/aromatic N) is 2. The third-order valence-corrected chi connectivity index (χ3v) is 4.26. The fraction of sp³-hybridized carbons (Fsp3) is 0.471. The second kappa shape index (κ2) is 5.60. The number of hydrogen-bond acceptors (Lipinski definition) is 1. The highest BCUT2D eigenvalue weighted by atomic mass is 15.3. The number of benzene rings is 1. The van der Waals surface area contributed by atoms with E-state index < -0.39 is 0 Å². The van der Waals surface area contributed by atoms with Crippen molar-refractivity contribution in [3.8, 4) is 11.1 Å². The molecule has 0 spiro atoms. The summed E-state index contributed by atoms with van der Waals surface area (Å²) in [6, 6.07) is 9.15. The van der Waals surface area contributed by atoms with Crippen molar-refractivity contribution in [3.63, 3.8) is 0 Å². The van der Waals surface area contributed by atoms with Crippen LogP contribution in [0, 0.1) is 6.92 Å². The lowest BCUT2D eigenvalue weighted by molar-refractivity contribution is 0.405. The lowest BCUT2D eigenvalue weighted by Gasteiger charge is -2.14. The van der Waals surface area contributed by atoms with Crippen LogP contribution in [0.2, 0.25) is 0 Å². The Morgan fingerprint density at radius 3 is 2.53 bits per heavy atom. The van der Waals surface area contributed by atoms with E-state index in [1.165, 1.54) is 55.2 Å². The zero-order valence-corrected chi connectivity index (χ0v) is 11.7. The quantitative estimate of drug-likeness (QED) is 0.707. The van der Waals surface area contributed by atoms with Crippen molar-refractivity contribution in [2.75, 3.05) is 0 Å². The summed E-state index contributed by atoms with van der Waals surface area (Å²) in [6.45, 7) is 2.17. The lowest BCUT2D eigenvalue weighted by atomic mass is 10.0. The van der Waals surface area contributed by atoms with Gasteiger partial charge in [0, 0.05) is 11.8 Å².